The second-order valence-electron chi connectivity index (χ2n) is 7.44. The molecule has 0 spiro atoms. The summed E-state index contributed by atoms with van der Waals surface area (Å²) in [6.07, 6.45) is 3.29. The molecular weight excluding hydrogens is 375 g/mol. The highest BCUT2D eigenvalue weighted by atomic mass is 19.1. The van der Waals surface area contributed by atoms with Gasteiger partial charge in [0, 0.05) is 57.2 Å². The third kappa shape index (κ3) is 4.21. The molecule has 2 aliphatic rings. The smallest absolute Gasteiger partial charge is 0.260 e. The normalized spacial score (nSPS) is 18.5. The van der Waals surface area contributed by atoms with Crippen LogP contribution >= 0.6 is 0 Å². The highest BCUT2D eigenvalue weighted by Crippen LogP contribution is 2.26. The summed E-state index contributed by atoms with van der Waals surface area (Å²) in [6, 6.07) is 6.03. The average Bonchev–Trinajstić information content (AvgIpc) is 3.23. The molecule has 4 rings (SSSR count). The number of ether oxygens (including phenoxy) is 1. The van der Waals surface area contributed by atoms with E-state index in [0.717, 1.165) is 30.0 Å². The number of nitrogens with zero attached hydrogens (tertiary/aromatic N) is 4. The minimum absolute atomic E-state index is 0.0717. The number of benzene rings is 1. The fraction of sp³-hybridized carbons (Fsp3) is 0.429. The van der Waals surface area contributed by atoms with Gasteiger partial charge in [-0.15, -0.1) is 0 Å². The Kier molecular flexibility index (Phi) is 5.42. The van der Waals surface area contributed by atoms with Crippen molar-refractivity contribution in [1.29, 1.82) is 0 Å². The number of hydrogen-bond acceptors (Lipinski definition) is 5. The van der Waals surface area contributed by atoms with Crippen molar-refractivity contribution in [3.8, 4) is 5.75 Å². The molecule has 2 amide bonds. The Morgan fingerprint density at radius 1 is 1.24 bits per heavy atom. The maximum Gasteiger partial charge on any atom is 0.260 e. The first-order chi connectivity index (χ1) is 14.0. The molecule has 0 radical (unpaired) electrons. The molecule has 152 valence electrons. The van der Waals surface area contributed by atoms with Crippen molar-refractivity contribution in [3.05, 3.63) is 53.4 Å². The summed E-state index contributed by atoms with van der Waals surface area (Å²) in [5.41, 5.74) is 1.87. The van der Waals surface area contributed by atoms with E-state index in [-0.39, 0.29) is 30.1 Å². The van der Waals surface area contributed by atoms with E-state index in [1.54, 1.807) is 30.2 Å². The standard InChI is InChI=1S/C21H23FN4O3/c1-14(27)25-8-6-15(11-25)21-23-10-16-12-26(9-7-18(16)24-21)20(28)13-29-19-5-3-2-4-17(19)22/h2-5,10,15H,6-9,11-13H2,1H3. The lowest BCUT2D eigenvalue weighted by molar-refractivity contribution is -0.134. The summed E-state index contributed by atoms with van der Waals surface area (Å²) < 4.78 is 19.0. The number of carbonyl (C=O) groups excluding carboxylic acids is 2. The molecule has 29 heavy (non-hydrogen) atoms. The predicted octanol–water partition coefficient (Wildman–Crippen LogP) is 1.92. The van der Waals surface area contributed by atoms with Gasteiger partial charge >= 0.3 is 0 Å². The number of rotatable bonds is 4. The van der Waals surface area contributed by atoms with E-state index in [9.17, 15) is 14.0 Å². The van der Waals surface area contributed by atoms with Gasteiger partial charge in [-0.2, -0.15) is 0 Å². The summed E-state index contributed by atoms with van der Waals surface area (Å²) in [5.74, 6) is 0.407. The van der Waals surface area contributed by atoms with Gasteiger partial charge in [0.15, 0.2) is 18.2 Å². The van der Waals surface area contributed by atoms with E-state index in [1.165, 1.54) is 12.1 Å². The van der Waals surface area contributed by atoms with Crippen LogP contribution in [0, 0.1) is 5.82 Å². The lowest BCUT2D eigenvalue weighted by Crippen LogP contribution is -2.39. The molecule has 1 aromatic carbocycles. The quantitative estimate of drug-likeness (QED) is 0.787. The fourth-order valence-corrected chi connectivity index (χ4v) is 3.79. The van der Waals surface area contributed by atoms with Gasteiger partial charge in [0.05, 0.1) is 5.69 Å². The predicted molar refractivity (Wildman–Crippen MR) is 103 cm³/mol. The summed E-state index contributed by atoms with van der Waals surface area (Å²) >= 11 is 0. The highest BCUT2D eigenvalue weighted by Gasteiger charge is 2.29. The molecule has 1 atom stereocenters. The number of para-hydroxylation sites is 1. The summed E-state index contributed by atoms with van der Waals surface area (Å²) in [4.78, 5) is 36.7. The minimum atomic E-state index is -0.486. The molecule has 1 unspecified atom stereocenters. The zero-order chi connectivity index (χ0) is 20.4. The van der Waals surface area contributed by atoms with E-state index in [4.69, 9.17) is 9.72 Å². The van der Waals surface area contributed by atoms with Gasteiger partial charge in [-0.3, -0.25) is 9.59 Å². The summed E-state index contributed by atoms with van der Waals surface area (Å²) in [7, 11) is 0. The number of likely N-dealkylation sites (tertiary alicyclic amines) is 1. The Morgan fingerprint density at radius 2 is 2.07 bits per heavy atom. The van der Waals surface area contributed by atoms with Crippen LogP contribution in [0.1, 0.15) is 36.3 Å². The maximum absolute atomic E-state index is 13.6. The van der Waals surface area contributed by atoms with E-state index >= 15 is 0 Å². The van der Waals surface area contributed by atoms with E-state index in [2.05, 4.69) is 4.98 Å². The van der Waals surface area contributed by atoms with Crippen molar-refractivity contribution in [2.75, 3.05) is 26.2 Å². The molecule has 0 aliphatic carbocycles. The summed E-state index contributed by atoms with van der Waals surface area (Å²) in [5, 5.41) is 0. The minimum Gasteiger partial charge on any atom is -0.481 e. The van der Waals surface area contributed by atoms with Crippen LogP contribution in [0.15, 0.2) is 30.5 Å². The first kappa shape index (κ1) is 19.3. The van der Waals surface area contributed by atoms with Crippen molar-refractivity contribution in [2.45, 2.75) is 32.2 Å². The zero-order valence-electron chi connectivity index (χ0n) is 16.3. The number of carbonyl (C=O) groups is 2. The molecule has 0 N–H and O–H groups in total. The van der Waals surface area contributed by atoms with Crippen molar-refractivity contribution < 1.29 is 18.7 Å². The summed E-state index contributed by atoms with van der Waals surface area (Å²) in [6.45, 7) is 3.72. The second-order valence-corrected chi connectivity index (χ2v) is 7.44. The van der Waals surface area contributed by atoms with Gasteiger partial charge in [-0.1, -0.05) is 12.1 Å². The first-order valence-corrected chi connectivity index (χ1v) is 9.76. The van der Waals surface area contributed by atoms with Crippen LogP contribution in [0.4, 0.5) is 4.39 Å². The van der Waals surface area contributed by atoms with Gasteiger partial charge in [0.1, 0.15) is 5.82 Å². The largest absolute Gasteiger partial charge is 0.481 e. The van der Waals surface area contributed by atoms with Crippen LogP contribution < -0.4 is 4.74 Å². The number of halogens is 1. The number of hydrogen-bond donors (Lipinski definition) is 0. The van der Waals surface area contributed by atoms with Gasteiger partial charge in [-0.05, 0) is 18.6 Å². The Bertz CT molecular complexity index is 936. The van der Waals surface area contributed by atoms with Gasteiger partial charge < -0.3 is 14.5 Å². The van der Waals surface area contributed by atoms with Crippen LogP contribution in [-0.2, 0) is 22.6 Å². The van der Waals surface area contributed by atoms with E-state index in [1.807, 2.05) is 4.90 Å². The number of fused-ring (bicyclic) bond motifs is 1. The van der Waals surface area contributed by atoms with Crippen LogP contribution in [0.5, 0.6) is 5.75 Å². The van der Waals surface area contributed by atoms with Crippen molar-refractivity contribution in [3.63, 3.8) is 0 Å². The third-order valence-corrected chi connectivity index (χ3v) is 5.49. The maximum atomic E-state index is 13.6. The second kappa shape index (κ2) is 8.14. The van der Waals surface area contributed by atoms with Crippen molar-refractivity contribution in [1.82, 2.24) is 19.8 Å². The Hall–Kier alpha value is -3.03. The Balaban J connectivity index is 1.37. The zero-order valence-corrected chi connectivity index (χ0v) is 16.3. The van der Waals surface area contributed by atoms with E-state index in [0.29, 0.717) is 26.1 Å². The number of amides is 2. The Morgan fingerprint density at radius 3 is 2.83 bits per heavy atom. The fourth-order valence-electron chi connectivity index (χ4n) is 3.79. The number of aromatic nitrogens is 2. The monoisotopic (exact) mass is 398 g/mol. The molecule has 0 bridgehead atoms. The molecule has 2 aromatic rings. The van der Waals surface area contributed by atoms with Crippen LogP contribution in [-0.4, -0.2) is 57.8 Å². The molecule has 8 heteroatoms. The molecular formula is C21H23FN4O3. The molecule has 1 fully saturated rings. The molecule has 1 aromatic heterocycles. The van der Waals surface area contributed by atoms with Crippen molar-refractivity contribution in [2.24, 2.45) is 0 Å². The van der Waals surface area contributed by atoms with Crippen LogP contribution in [0.25, 0.3) is 0 Å². The molecule has 3 heterocycles. The Labute approximate surface area is 168 Å². The average molecular weight is 398 g/mol. The topological polar surface area (TPSA) is 75.6 Å². The molecule has 2 aliphatic heterocycles. The van der Waals surface area contributed by atoms with Crippen LogP contribution in [0.2, 0.25) is 0 Å². The molecule has 0 saturated carbocycles. The highest BCUT2D eigenvalue weighted by molar-refractivity contribution is 5.78. The van der Waals surface area contributed by atoms with Crippen molar-refractivity contribution >= 4 is 11.8 Å². The van der Waals surface area contributed by atoms with E-state index < -0.39 is 5.82 Å². The molecule has 1 saturated heterocycles. The van der Waals surface area contributed by atoms with Gasteiger partial charge in [0.25, 0.3) is 5.91 Å². The van der Waals surface area contributed by atoms with Gasteiger partial charge in [0.2, 0.25) is 5.91 Å². The lowest BCUT2D eigenvalue weighted by atomic mass is 10.0. The third-order valence-electron chi connectivity index (χ3n) is 5.49. The lowest BCUT2D eigenvalue weighted by Gasteiger charge is -2.28. The van der Waals surface area contributed by atoms with Crippen LogP contribution in [0.3, 0.4) is 0 Å². The first-order valence-electron chi connectivity index (χ1n) is 9.76. The molecule has 7 nitrogen and oxygen atoms in total. The van der Waals surface area contributed by atoms with Gasteiger partial charge in [-0.25, -0.2) is 14.4 Å². The SMILES string of the molecule is CC(=O)N1CCC(c2ncc3c(n2)CCN(C(=O)COc2ccccc2F)C3)C1.